The summed E-state index contributed by atoms with van der Waals surface area (Å²) in [5, 5.41) is 3.00. The Hall–Kier alpha value is -0.460. The van der Waals surface area contributed by atoms with Gasteiger partial charge in [0.05, 0.1) is 0 Å². The minimum Gasteiger partial charge on any atom is -0.392 e. The standard InChI is InChI=1S/C6H12N/c1-4-6(5-2)7-3/h5,7H,1,4H2,2-3H3. The number of hydrogen-bond acceptors (Lipinski definition) is 1. The zero-order valence-corrected chi connectivity index (χ0v) is 4.99. The van der Waals surface area contributed by atoms with Crippen LogP contribution in [0.25, 0.3) is 0 Å². The van der Waals surface area contributed by atoms with Gasteiger partial charge in [0, 0.05) is 12.7 Å². The molecule has 0 aromatic heterocycles. The Morgan fingerprint density at radius 2 is 2.43 bits per heavy atom. The Bertz CT molecular complexity index is 58.6. The Balaban J connectivity index is 3.38. The molecule has 0 saturated carbocycles. The summed E-state index contributed by atoms with van der Waals surface area (Å²) in [5.74, 6) is 0. The van der Waals surface area contributed by atoms with Crippen LogP contribution in [-0.4, -0.2) is 7.05 Å². The van der Waals surface area contributed by atoms with Gasteiger partial charge in [0.25, 0.3) is 0 Å². The number of hydrogen-bond donors (Lipinski definition) is 1. The molecule has 1 radical (unpaired) electrons. The predicted molar refractivity (Wildman–Crippen MR) is 32.8 cm³/mol. The molecule has 0 spiro atoms. The molecule has 7 heavy (non-hydrogen) atoms. The third kappa shape index (κ3) is 2.26. The van der Waals surface area contributed by atoms with Crippen LogP contribution >= 0.6 is 0 Å². The summed E-state index contributed by atoms with van der Waals surface area (Å²) in [6, 6.07) is 0. The molecule has 0 aromatic carbocycles. The maximum Gasteiger partial charge on any atom is 0.00607 e. The normalized spacial score (nSPS) is 11.6. The number of nitrogens with one attached hydrogen (secondary N) is 1. The van der Waals surface area contributed by atoms with E-state index in [0.29, 0.717) is 0 Å². The monoisotopic (exact) mass is 98.1 g/mol. The Kier molecular flexibility index (Phi) is 3.48. The first kappa shape index (κ1) is 6.54. The van der Waals surface area contributed by atoms with E-state index < -0.39 is 0 Å². The Morgan fingerprint density at radius 1 is 1.86 bits per heavy atom. The van der Waals surface area contributed by atoms with Crippen LogP contribution in [-0.2, 0) is 0 Å². The molecule has 41 valence electrons. The van der Waals surface area contributed by atoms with E-state index >= 15 is 0 Å². The van der Waals surface area contributed by atoms with Crippen molar-refractivity contribution in [2.24, 2.45) is 0 Å². The van der Waals surface area contributed by atoms with Crippen LogP contribution in [0.15, 0.2) is 11.8 Å². The lowest BCUT2D eigenvalue weighted by Crippen LogP contribution is -2.03. The van der Waals surface area contributed by atoms with Gasteiger partial charge in [-0.3, -0.25) is 0 Å². The minimum atomic E-state index is 0.854. The highest BCUT2D eigenvalue weighted by Crippen LogP contribution is 1.89. The quantitative estimate of drug-likeness (QED) is 0.549. The van der Waals surface area contributed by atoms with Gasteiger partial charge in [-0.25, -0.2) is 0 Å². The molecular formula is C6H12N. The topological polar surface area (TPSA) is 12.0 Å². The zero-order chi connectivity index (χ0) is 5.70. The van der Waals surface area contributed by atoms with E-state index in [4.69, 9.17) is 0 Å². The summed E-state index contributed by atoms with van der Waals surface area (Å²) in [6.07, 6.45) is 2.88. The summed E-state index contributed by atoms with van der Waals surface area (Å²) < 4.78 is 0. The largest absolute Gasteiger partial charge is 0.392 e. The van der Waals surface area contributed by atoms with Gasteiger partial charge < -0.3 is 5.32 Å². The van der Waals surface area contributed by atoms with Gasteiger partial charge in [-0.05, 0) is 20.3 Å². The van der Waals surface area contributed by atoms with Crippen molar-refractivity contribution in [2.75, 3.05) is 7.05 Å². The van der Waals surface area contributed by atoms with Crippen LogP contribution in [0.1, 0.15) is 13.3 Å². The SMILES string of the molecule is [CH2]CC(=CC)NC. The van der Waals surface area contributed by atoms with Crippen molar-refractivity contribution in [1.29, 1.82) is 0 Å². The molecule has 0 rings (SSSR count). The molecule has 0 aliphatic rings. The van der Waals surface area contributed by atoms with Gasteiger partial charge in [0.2, 0.25) is 0 Å². The molecule has 0 amide bonds. The van der Waals surface area contributed by atoms with E-state index in [1.165, 1.54) is 5.70 Å². The summed E-state index contributed by atoms with van der Waals surface area (Å²) in [5.41, 5.74) is 1.19. The second-order valence-electron chi connectivity index (χ2n) is 1.31. The highest BCUT2D eigenvalue weighted by Gasteiger charge is 1.80. The molecule has 0 aromatic rings. The second kappa shape index (κ2) is 3.72. The van der Waals surface area contributed by atoms with Crippen molar-refractivity contribution < 1.29 is 0 Å². The lowest BCUT2D eigenvalue weighted by molar-refractivity contribution is 0.933. The van der Waals surface area contributed by atoms with Crippen LogP contribution in [0.5, 0.6) is 0 Å². The first-order valence-electron chi connectivity index (χ1n) is 2.47. The van der Waals surface area contributed by atoms with Crippen LogP contribution in [0.4, 0.5) is 0 Å². The summed E-state index contributed by atoms with van der Waals surface area (Å²) in [4.78, 5) is 0. The molecule has 1 nitrogen and oxygen atoms in total. The molecule has 0 unspecified atom stereocenters. The Labute approximate surface area is 45.4 Å². The molecular weight excluding hydrogens is 86.1 g/mol. The van der Waals surface area contributed by atoms with Gasteiger partial charge in [-0.2, -0.15) is 0 Å². The smallest absolute Gasteiger partial charge is 0.00607 e. The van der Waals surface area contributed by atoms with E-state index in [2.05, 4.69) is 12.2 Å². The van der Waals surface area contributed by atoms with Crippen molar-refractivity contribution >= 4 is 0 Å². The van der Waals surface area contributed by atoms with Gasteiger partial charge in [0.1, 0.15) is 0 Å². The maximum absolute atomic E-state index is 3.70. The van der Waals surface area contributed by atoms with Gasteiger partial charge in [-0.15, -0.1) is 0 Å². The van der Waals surface area contributed by atoms with Crippen molar-refractivity contribution in [3.05, 3.63) is 18.7 Å². The third-order valence-electron chi connectivity index (χ3n) is 0.939. The van der Waals surface area contributed by atoms with Crippen molar-refractivity contribution in [3.63, 3.8) is 0 Å². The molecule has 0 saturated heterocycles. The highest BCUT2D eigenvalue weighted by molar-refractivity contribution is 4.96. The third-order valence-corrected chi connectivity index (χ3v) is 0.939. The molecule has 1 N–H and O–H groups in total. The second-order valence-corrected chi connectivity index (χ2v) is 1.31. The van der Waals surface area contributed by atoms with Crippen LogP contribution in [0.3, 0.4) is 0 Å². The minimum absolute atomic E-state index is 0.854. The maximum atomic E-state index is 3.70. The van der Waals surface area contributed by atoms with Crippen molar-refractivity contribution in [3.8, 4) is 0 Å². The van der Waals surface area contributed by atoms with E-state index in [1.807, 2.05) is 20.0 Å². The number of allylic oxidation sites excluding steroid dienone is 2. The molecule has 0 aliphatic heterocycles. The lowest BCUT2D eigenvalue weighted by Gasteiger charge is -1.97. The van der Waals surface area contributed by atoms with Gasteiger partial charge in [0.15, 0.2) is 0 Å². The first-order chi connectivity index (χ1) is 3.35. The van der Waals surface area contributed by atoms with Crippen molar-refractivity contribution in [1.82, 2.24) is 5.32 Å². The van der Waals surface area contributed by atoms with Gasteiger partial charge in [-0.1, -0.05) is 6.08 Å². The van der Waals surface area contributed by atoms with Crippen molar-refractivity contribution in [2.45, 2.75) is 13.3 Å². The molecule has 0 atom stereocenters. The molecule has 0 heterocycles. The molecule has 0 aliphatic carbocycles. The van der Waals surface area contributed by atoms with E-state index in [1.54, 1.807) is 0 Å². The first-order valence-corrected chi connectivity index (χ1v) is 2.47. The summed E-state index contributed by atoms with van der Waals surface area (Å²) in [7, 11) is 1.90. The Morgan fingerprint density at radius 3 is 2.43 bits per heavy atom. The average molecular weight is 98.2 g/mol. The predicted octanol–water partition coefficient (Wildman–Crippen LogP) is 1.33. The fourth-order valence-electron chi connectivity index (χ4n) is 0.414. The van der Waals surface area contributed by atoms with Crippen LogP contribution in [0, 0.1) is 6.92 Å². The van der Waals surface area contributed by atoms with E-state index in [-0.39, 0.29) is 0 Å². The number of rotatable bonds is 2. The fraction of sp³-hybridized carbons (Fsp3) is 0.500. The molecule has 0 fully saturated rings. The van der Waals surface area contributed by atoms with Crippen LogP contribution < -0.4 is 5.32 Å². The summed E-state index contributed by atoms with van der Waals surface area (Å²) >= 11 is 0. The highest BCUT2D eigenvalue weighted by atomic mass is 14.8. The fourth-order valence-corrected chi connectivity index (χ4v) is 0.414. The molecule has 0 bridgehead atoms. The molecule has 1 heteroatoms. The lowest BCUT2D eigenvalue weighted by atomic mass is 10.3. The van der Waals surface area contributed by atoms with E-state index in [9.17, 15) is 0 Å². The average Bonchev–Trinajstić information content (AvgIpc) is 1.72. The van der Waals surface area contributed by atoms with E-state index in [0.717, 1.165) is 6.42 Å². The summed E-state index contributed by atoms with van der Waals surface area (Å²) in [6.45, 7) is 5.69. The zero-order valence-electron chi connectivity index (χ0n) is 4.99. The van der Waals surface area contributed by atoms with Gasteiger partial charge >= 0.3 is 0 Å². The van der Waals surface area contributed by atoms with Crippen LogP contribution in [0.2, 0.25) is 0 Å².